The molecule has 0 radical (unpaired) electrons. The molecule has 1 atom stereocenters. The standard InChI is InChI=1S/C14H17BrF3NO2/c1-13(2,3)21-12(20)19-11(8-14(16,17)18)9-4-6-10(15)7-5-9/h4-7,11H,8H2,1-3H3,(H,19,20). The number of carbonyl (C=O) groups is 1. The number of hydrogen-bond acceptors (Lipinski definition) is 2. The summed E-state index contributed by atoms with van der Waals surface area (Å²) in [6.07, 6.45) is -6.43. The molecule has 118 valence electrons. The van der Waals surface area contributed by atoms with Gasteiger partial charge in [0, 0.05) is 4.47 Å². The number of amides is 1. The van der Waals surface area contributed by atoms with Crippen molar-refractivity contribution in [1.29, 1.82) is 0 Å². The predicted molar refractivity (Wildman–Crippen MR) is 76.9 cm³/mol. The van der Waals surface area contributed by atoms with Gasteiger partial charge < -0.3 is 10.1 Å². The minimum Gasteiger partial charge on any atom is -0.444 e. The van der Waals surface area contributed by atoms with Gasteiger partial charge in [0.05, 0.1) is 12.5 Å². The highest BCUT2D eigenvalue weighted by molar-refractivity contribution is 9.10. The molecule has 7 heteroatoms. The fourth-order valence-electron chi connectivity index (χ4n) is 1.63. The molecule has 0 aromatic heterocycles. The van der Waals surface area contributed by atoms with Crippen molar-refractivity contribution in [2.75, 3.05) is 0 Å². The van der Waals surface area contributed by atoms with Crippen LogP contribution in [0.15, 0.2) is 28.7 Å². The lowest BCUT2D eigenvalue weighted by Crippen LogP contribution is -2.36. The van der Waals surface area contributed by atoms with E-state index < -0.39 is 30.3 Å². The van der Waals surface area contributed by atoms with E-state index in [2.05, 4.69) is 21.2 Å². The van der Waals surface area contributed by atoms with Gasteiger partial charge in [-0.25, -0.2) is 4.79 Å². The zero-order chi connectivity index (χ0) is 16.3. The van der Waals surface area contributed by atoms with Crippen molar-refractivity contribution in [3.8, 4) is 0 Å². The molecule has 0 fully saturated rings. The lowest BCUT2D eigenvalue weighted by atomic mass is 10.0. The summed E-state index contributed by atoms with van der Waals surface area (Å²) in [6.45, 7) is 4.93. The number of alkyl halides is 3. The molecule has 1 aromatic rings. The summed E-state index contributed by atoms with van der Waals surface area (Å²) in [6, 6.07) is 5.11. The minimum atomic E-state index is -4.40. The molecule has 21 heavy (non-hydrogen) atoms. The Bertz CT molecular complexity index is 480. The molecule has 0 aliphatic heterocycles. The van der Waals surface area contributed by atoms with Crippen LogP contribution in [0, 0.1) is 0 Å². The van der Waals surface area contributed by atoms with Crippen LogP contribution in [0.1, 0.15) is 38.8 Å². The average molecular weight is 368 g/mol. The van der Waals surface area contributed by atoms with Crippen LogP contribution in [0.2, 0.25) is 0 Å². The second-order valence-electron chi connectivity index (χ2n) is 5.57. The van der Waals surface area contributed by atoms with Crippen LogP contribution >= 0.6 is 15.9 Å². The van der Waals surface area contributed by atoms with Gasteiger partial charge in [-0.3, -0.25) is 0 Å². The van der Waals surface area contributed by atoms with Crippen molar-refractivity contribution in [3.63, 3.8) is 0 Å². The van der Waals surface area contributed by atoms with E-state index in [9.17, 15) is 18.0 Å². The summed E-state index contributed by atoms with van der Waals surface area (Å²) < 4.78 is 43.7. The zero-order valence-electron chi connectivity index (χ0n) is 11.9. The van der Waals surface area contributed by atoms with Crippen LogP contribution in [0.4, 0.5) is 18.0 Å². The van der Waals surface area contributed by atoms with Crippen molar-refractivity contribution < 1.29 is 22.7 Å². The molecule has 0 aliphatic carbocycles. The highest BCUT2D eigenvalue weighted by Gasteiger charge is 2.34. The van der Waals surface area contributed by atoms with Gasteiger partial charge in [-0.05, 0) is 38.5 Å². The molecule has 0 spiro atoms. The number of carbonyl (C=O) groups excluding carboxylic acids is 1. The van der Waals surface area contributed by atoms with E-state index in [1.54, 1.807) is 32.9 Å². The zero-order valence-corrected chi connectivity index (χ0v) is 13.5. The third-order valence-electron chi connectivity index (χ3n) is 2.40. The molecule has 0 saturated heterocycles. The Kier molecular flexibility index (Phi) is 5.67. The van der Waals surface area contributed by atoms with E-state index in [1.807, 2.05) is 0 Å². The average Bonchev–Trinajstić information content (AvgIpc) is 2.24. The first-order valence-electron chi connectivity index (χ1n) is 6.28. The number of rotatable bonds is 3. The van der Waals surface area contributed by atoms with Gasteiger partial charge in [0.25, 0.3) is 0 Å². The highest BCUT2D eigenvalue weighted by Crippen LogP contribution is 2.30. The molecule has 1 unspecified atom stereocenters. The van der Waals surface area contributed by atoms with Crippen molar-refractivity contribution in [2.45, 2.75) is 45.0 Å². The molecule has 1 N–H and O–H groups in total. The summed E-state index contributed by atoms with van der Waals surface area (Å²) in [5.41, 5.74) is -0.409. The van der Waals surface area contributed by atoms with Crippen LogP contribution in [0.5, 0.6) is 0 Å². The second kappa shape index (κ2) is 6.68. The SMILES string of the molecule is CC(C)(C)OC(=O)NC(CC(F)(F)F)c1ccc(Br)cc1. The number of halogens is 4. The molecule has 0 saturated carbocycles. The quantitative estimate of drug-likeness (QED) is 0.818. The van der Waals surface area contributed by atoms with Crippen LogP contribution in [-0.4, -0.2) is 17.9 Å². The van der Waals surface area contributed by atoms with Gasteiger partial charge in [0.2, 0.25) is 0 Å². The normalized spacial score (nSPS) is 13.7. The summed E-state index contributed by atoms with van der Waals surface area (Å²) >= 11 is 3.21. The number of hydrogen-bond donors (Lipinski definition) is 1. The van der Waals surface area contributed by atoms with Gasteiger partial charge in [-0.15, -0.1) is 0 Å². The van der Waals surface area contributed by atoms with Gasteiger partial charge in [-0.1, -0.05) is 28.1 Å². The number of alkyl carbamates (subject to hydrolysis) is 1. The van der Waals surface area contributed by atoms with Crippen molar-refractivity contribution in [3.05, 3.63) is 34.3 Å². The highest BCUT2D eigenvalue weighted by atomic mass is 79.9. The van der Waals surface area contributed by atoms with Gasteiger partial charge in [0.15, 0.2) is 0 Å². The lowest BCUT2D eigenvalue weighted by Gasteiger charge is -2.24. The maximum Gasteiger partial charge on any atom is 0.408 e. The molecule has 0 aliphatic rings. The minimum absolute atomic E-state index is 0.362. The Morgan fingerprint density at radius 1 is 1.24 bits per heavy atom. The van der Waals surface area contributed by atoms with Gasteiger partial charge in [-0.2, -0.15) is 13.2 Å². The van der Waals surface area contributed by atoms with E-state index in [0.29, 0.717) is 5.56 Å². The first kappa shape index (κ1) is 17.8. The second-order valence-corrected chi connectivity index (χ2v) is 6.49. The molecule has 1 rings (SSSR count). The van der Waals surface area contributed by atoms with Crippen molar-refractivity contribution in [1.82, 2.24) is 5.32 Å². The van der Waals surface area contributed by atoms with E-state index in [-0.39, 0.29) is 0 Å². The van der Waals surface area contributed by atoms with E-state index >= 15 is 0 Å². The smallest absolute Gasteiger partial charge is 0.408 e. The van der Waals surface area contributed by atoms with Gasteiger partial charge >= 0.3 is 12.3 Å². The number of benzene rings is 1. The topological polar surface area (TPSA) is 38.3 Å². The Labute approximate surface area is 130 Å². The van der Waals surface area contributed by atoms with Crippen LogP contribution in [0.25, 0.3) is 0 Å². The van der Waals surface area contributed by atoms with Crippen LogP contribution in [0.3, 0.4) is 0 Å². The Morgan fingerprint density at radius 3 is 2.19 bits per heavy atom. The van der Waals surface area contributed by atoms with E-state index in [4.69, 9.17) is 4.74 Å². The Morgan fingerprint density at radius 2 is 1.76 bits per heavy atom. The molecule has 0 heterocycles. The first-order valence-corrected chi connectivity index (χ1v) is 7.07. The molecular formula is C14H17BrF3NO2. The number of ether oxygens (including phenoxy) is 1. The molecule has 1 aromatic carbocycles. The van der Waals surface area contributed by atoms with E-state index in [1.165, 1.54) is 12.1 Å². The lowest BCUT2D eigenvalue weighted by molar-refractivity contribution is -0.140. The maximum atomic E-state index is 12.7. The maximum absolute atomic E-state index is 12.7. The predicted octanol–water partition coefficient (Wildman–Crippen LogP) is 4.97. The monoisotopic (exact) mass is 367 g/mol. The fraction of sp³-hybridized carbons (Fsp3) is 0.500. The largest absolute Gasteiger partial charge is 0.444 e. The van der Waals surface area contributed by atoms with Gasteiger partial charge in [0.1, 0.15) is 5.60 Å². The number of nitrogens with one attached hydrogen (secondary N) is 1. The molecule has 3 nitrogen and oxygen atoms in total. The first-order chi connectivity index (χ1) is 9.46. The Hall–Kier alpha value is -1.24. The molecule has 1 amide bonds. The summed E-state index contributed by atoms with van der Waals surface area (Å²) in [5.74, 6) is 0. The fourth-order valence-corrected chi connectivity index (χ4v) is 1.89. The van der Waals surface area contributed by atoms with Crippen molar-refractivity contribution in [2.24, 2.45) is 0 Å². The van der Waals surface area contributed by atoms with E-state index in [0.717, 1.165) is 4.47 Å². The third kappa shape index (κ3) is 7.36. The molecule has 0 bridgehead atoms. The summed E-state index contributed by atoms with van der Waals surface area (Å²) in [4.78, 5) is 11.7. The third-order valence-corrected chi connectivity index (χ3v) is 2.93. The molecular weight excluding hydrogens is 351 g/mol. The van der Waals surface area contributed by atoms with Crippen molar-refractivity contribution >= 4 is 22.0 Å². The Balaban J connectivity index is 2.88. The summed E-state index contributed by atoms with van der Waals surface area (Å²) in [5, 5.41) is 2.27. The van der Waals surface area contributed by atoms with Crippen LogP contribution < -0.4 is 5.32 Å². The van der Waals surface area contributed by atoms with Crippen LogP contribution in [-0.2, 0) is 4.74 Å². The summed E-state index contributed by atoms with van der Waals surface area (Å²) in [7, 11) is 0.